The Kier molecular flexibility index (Phi) is 3.44. The summed E-state index contributed by atoms with van der Waals surface area (Å²) in [7, 11) is 0. The first-order valence-electron chi connectivity index (χ1n) is 7.27. The van der Waals surface area contributed by atoms with Gasteiger partial charge in [-0.25, -0.2) is 4.98 Å². The smallest absolute Gasteiger partial charge is 0.277 e. The van der Waals surface area contributed by atoms with Gasteiger partial charge in [-0.05, 0) is 23.8 Å². The van der Waals surface area contributed by atoms with E-state index in [-0.39, 0.29) is 5.91 Å². The summed E-state index contributed by atoms with van der Waals surface area (Å²) >= 11 is 6.10. The fraction of sp³-hybridized carbons (Fsp3) is 0.0625. The highest BCUT2D eigenvalue weighted by molar-refractivity contribution is 6.35. The molecule has 1 amide bonds. The Hall–Kier alpha value is -2.90. The fourth-order valence-electron chi connectivity index (χ4n) is 2.54. The number of halogens is 1. The van der Waals surface area contributed by atoms with Gasteiger partial charge in [0.1, 0.15) is 11.3 Å². The van der Waals surface area contributed by atoms with E-state index in [0.717, 1.165) is 10.9 Å². The topological polar surface area (TPSA) is 101 Å². The summed E-state index contributed by atoms with van der Waals surface area (Å²) < 4.78 is 1.77. The minimum atomic E-state index is -0.346. The van der Waals surface area contributed by atoms with E-state index < -0.39 is 0 Å². The lowest BCUT2D eigenvalue weighted by Gasteiger charge is -1.99. The molecule has 1 aromatic carbocycles. The number of anilines is 1. The molecule has 7 nitrogen and oxygen atoms in total. The Labute approximate surface area is 141 Å². The van der Waals surface area contributed by atoms with Gasteiger partial charge < -0.3 is 15.5 Å². The van der Waals surface area contributed by atoms with Crippen molar-refractivity contribution in [1.82, 2.24) is 19.6 Å². The van der Waals surface area contributed by atoms with E-state index in [1.165, 1.54) is 0 Å². The number of fused-ring (bicyclic) bond motifs is 2. The molecule has 4 N–H and O–H groups in total. The molecule has 0 unspecified atom stereocenters. The van der Waals surface area contributed by atoms with Crippen molar-refractivity contribution in [3.05, 3.63) is 59.0 Å². The van der Waals surface area contributed by atoms with Crippen LogP contribution in [-0.2, 0) is 6.54 Å². The number of carbonyl (C=O) groups excluding carboxylic acids is 1. The van der Waals surface area contributed by atoms with Crippen molar-refractivity contribution in [2.45, 2.75) is 6.54 Å². The number of benzene rings is 1. The van der Waals surface area contributed by atoms with Crippen LogP contribution in [0, 0.1) is 0 Å². The molecule has 0 saturated carbocycles. The molecule has 0 bridgehead atoms. The largest absolute Gasteiger partial charge is 0.326 e. The van der Waals surface area contributed by atoms with Gasteiger partial charge in [0.25, 0.3) is 5.91 Å². The maximum absolute atomic E-state index is 12.5. The van der Waals surface area contributed by atoms with Crippen molar-refractivity contribution < 1.29 is 4.79 Å². The normalized spacial score (nSPS) is 11.2. The van der Waals surface area contributed by atoms with Gasteiger partial charge in [-0.3, -0.25) is 9.89 Å². The van der Waals surface area contributed by atoms with Gasteiger partial charge >= 0.3 is 0 Å². The van der Waals surface area contributed by atoms with Gasteiger partial charge in [-0.1, -0.05) is 23.7 Å². The van der Waals surface area contributed by atoms with Gasteiger partial charge in [0, 0.05) is 24.3 Å². The molecular formula is C16H13ClN6O. The Morgan fingerprint density at radius 2 is 2.17 bits per heavy atom. The standard InChI is InChI=1S/C16H13ClN6O/c17-11-3-1-2-10-14(11)21-22-15(10)20-16(24)12-8-23-7-9(6-18)4-5-13(23)19-12/h1-5,7-8H,6,18H2,(H2,20,21,22,24). The molecule has 0 aliphatic carbocycles. The first-order chi connectivity index (χ1) is 11.7. The summed E-state index contributed by atoms with van der Waals surface area (Å²) in [5.74, 6) is 0.0681. The average Bonchev–Trinajstić information content (AvgIpc) is 3.19. The van der Waals surface area contributed by atoms with E-state index in [0.29, 0.717) is 34.2 Å². The van der Waals surface area contributed by atoms with Crippen molar-refractivity contribution in [3.8, 4) is 0 Å². The van der Waals surface area contributed by atoms with E-state index >= 15 is 0 Å². The molecule has 3 heterocycles. The first kappa shape index (κ1) is 14.7. The quantitative estimate of drug-likeness (QED) is 0.533. The molecule has 4 rings (SSSR count). The second-order valence-electron chi connectivity index (χ2n) is 5.32. The lowest BCUT2D eigenvalue weighted by molar-refractivity contribution is 0.102. The summed E-state index contributed by atoms with van der Waals surface area (Å²) in [5, 5.41) is 11.0. The third-order valence-corrected chi connectivity index (χ3v) is 4.08. The summed E-state index contributed by atoms with van der Waals surface area (Å²) in [6.45, 7) is 0.426. The predicted octanol–water partition coefficient (Wildman–Crippen LogP) is 2.58. The number of pyridine rings is 1. The molecule has 0 saturated heterocycles. The number of hydrogen-bond acceptors (Lipinski definition) is 4. The summed E-state index contributed by atoms with van der Waals surface area (Å²) in [5.41, 5.74) is 8.23. The first-order valence-corrected chi connectivity index (χ1v) is 7.65. The van der Waals surface area contributed by atoms with Crippen LogP contribution in [0.15, 0.2) is 42.7 Å². The maximum Gasteiger partial charge on any atom is 0.277 e. The zero-order chi connectivity index (χ0) is 16.7. The SMILES string of the molecule is NCc1ccc2nc(C(=O)Nc3n[nH]c4c(Cl)cccc34)cn2c1. The summed E-state index contributed by atoms with van der Waals surface area (Å²) in [6, 6.07) is 9.09. The van der Waals surface area contributed by atoms with Crippen molar-refractivity contribution in [2.24, 2.45) is 5.73 Å². The van der Waals surface area contributed by atoms with Gasteiger partial charge in [-0.15, -0.1) is 0 Å². The molecule has 3 aromatic heterocycles. The van der Waals surface area contributed by atoms with Crippen molar-refractivity contribution >= 4 is 39.9 Å². The van der Waals surface area contributed by atoms with Crippen molar-refractivity contribution in [1.29, 1.82) is 0 Å². The highest BCUT2D eigenvalue weighted by Gasteiger charge is 2.15. The number of aromatic amines is 1. The van der Waals surface area contributed by atoms with E-state index in [4.69, 9.17) is 17.3 Å². The highest BCUT2D eigenvalue weighted by Crippen LogP contribution is 2.26. The van der Waals surface area contributed by atoms with E-state index in [9.17, 15) is 4.79 Å². The number of para-hydroxylation sites is 1. The zero-order valence-corrected chi connectivity index (χ0v) is 13.2. The van der Waals surface area contributed by atoms with Gasteiger partial charge in [0.05, 0.1) is 10.5 Å². The van der Waals surface area contributed by atoms with E-state index in [2.05, 4.69) is 20.5 Å². The molecule has 0 aliphatic heterocycles. The van der Waals surface area contributed by atoms with Gasteiger partial charge in [0.2, 0.25) is 0 Å². The molecule has 0 fully saturated rings. The zero-order valence-electron chi connectivity index (χ0n) is 12.5. The third kappa shape index (κ3) is 2.40. The fourth-order valence-corrected chi connectivity index (χ4v) is 2.76. The van der Waals surface area contributed by atoms with Crippen LogP contribution in [0.2, 0.25) is 5.02 Å². The van der Waals surface area contributed by atoms with Crippen LogP contribution in [0.3, 0.4) is 0 Å². The maximum atomic E-state index is 12.5. The van der Waals surface area contributed by atoms with Crippen LogP contribution in [0.5, 0.6) is 0 Å². The minimum absolute atomic E-state index is 0.294. The second-order valence-corrected chi connectivity index (χ2v) is 5.73. The van der Waals surface area contributed by atoms with E-state index in [1.54, 1.807) is 22.7 Å². The highest BCUT2D eigenvalue weighted by atomic mass is 35.5. The van der Waals surface area contributed by atoms with E-state index in [1.807, 2.05) is 24.4 Å². The van der Waals surface area contributed by atoms with Crippen LogP contribution < -0.4 is 11.1 Å². The number of amides is 1. The van der Waals surface area contributed by atoms with Crippen LogP contribution >= 0.6 is 11.6 Å². The molecule has 0 radical (unpaired) electrons. The molecule has 120 valence electrons. The molecule has 0 spiro atoms. The van der Waals surface area contributed by atoms with Crippen LogP contribution in [0.1, 0.15) is 16.1 Å². The Balaban J connectivity index is 1.67. The average molecular weight is 341 g/mol. The number of imidazole rings is 1. The number of carbonyl (C=O) groups is 1. The predicted molar refractivity (Wildman–Crippen MR) is 92.1 cm³/mol. The number of aromatic nitrogens is 4. The Bertz CT molecular complexity index is 1070. The monoisotopic (exact) mass is 340 g/mol. The lowest BCUT2D eigenvalue weighted by Crippen LogP contribution is -2.12. The lowest BCUT2D eigenvalue weighted by atomic mass is 10.2. The Morgan fingerprint density at radius 1 is 1.29 bits per heavy atom. The van der Waals surface area contributed by atoms with Gasteiger partial charge in [-0.2, -0.15) is 5.10 Å². The second kappa shape index (κ2) is 5.63. The van der Waals surface area contributed by atoms with Crippen molar-refractivity contribution in [3.63, 3.8) is 0 Å². The number of H-pyrrole nitrogens is 1. The number of rotatable bonds is 3. The minimum Gasteiger partial charge on any atom is -0.326 e. The number of nitrogens with zero attached hydrogens (tertiary/aromatic N) is 3. The summed E-state index contributed by atoms with van der Waals surface area (Å²) in [4.78, 5) is 16.8. The van der Waals surface area contributed by atoms with Gasteiger partial charge in [0.15, 0.2) is 5.82 Å². The molecule has 4 aromatic rings. The molecule has 24 heavy (non-hydrogen) atoms. The van der Waals surface area contributed by atoms with Crippen LogP contribution in [-0.4, -0.2) is 25.5 Å². The van der Waals surface area contributed by atoms with Crippen molar-refractivity contribution in [2.75, 3.05) is 5.32 Å². The Morgan fingerprint density at radius 3 is 3.00 bits per heavy atom. The number of nitrogens with one attached hydrogen (secondary N) is 2. The molecule has 0 aliphatic rings. The van der Waals surface area contributed by atoms with Crippen LogP contribution in [0.4, 0.5) is 5.82 Å². The number of nitrogens with two attached hydrogens (primary N) is 1. The molecule has 0 atom stereocenters. The summed E-state index contributed by atoms with van der Waals surface area (Å²) in [6.07, 6.45) is 3.51. The third-order valence-electron chi connectivity index (χ3n) is 3.76. The van der Waals surface area contributed by atoms with Crippen LogP contribution in [0.25, 0.3) is 16.6 Å². The molecule has 8 heteroatoms. The number of hydrogen-bond donors (Lipinski definition) is 3. The molecular weight excluding hydrogens is 328 g/mol.